The lowest BCUT2D eigenvalue weighted by atomic mass is 10.1. The van der Waals surface area contributed by atoms with Crippen molar-refractivity contribution in [2.45, 2.75) is 13.8 Å². The van der Waals surface area contributed by atoms with Crippen molar-refractivity contribution in [3.8, 4) is 0 Å². The normalized spacial score (nSPS) is 10.4. The van der Waals surface area contributed by atoms with Crippen LogP contribution in [0.4, 0.5) is 11.4 Å². The van der Waals surface area contributed by atoms with Gasteiger partial charge in [0.1, 0.15) is 0 Å². The minimum Gasteiger partial charge on any atom is -0.399 e. The summed E-state index contributed by atoms with van der Waals surface area (Å²) in [4.78, 5) is 12.2. The number of anilines is 2. The molecule has 2 aromatic carbocycles. The van der Waals surface area contributed by atoms with Crippen LogP contribution in [-0.2, 0) is 0 Å². The molecule has 104 valence electrons. The summed E-state index contributed by atoms with van der Waals surface area (Å²) in [6.07, 6.45) is 0. The number of rotatable bonds is 2. The Balaban J connectivity index is 2.27. The van der Waals surface area contributed by atoms with Crippen LogP contribution in [0.3, 0.4) is 0 Å². The molecule has 3 N–H and O–H groups in total. The summed E-state index contributed by atoms with van der Waals surface area (Å²) in [7, 11) is 0. The predicted molar refractivity (Wildman–Crippen MR) is 87.4 cm³/mol. The summed E-state index contributed by atoms with van der Waals surface area (Å²) in [6.45, 7) is 3.81. The van der Waals surface area contributed by atoms with E-state index in [0.717, 1.165) is 21.3 Å². The number of aryl methyl sites for hydroxylation is 2. The van der Waals surface area contributed by atoms with E-state index in [2.05, 4.69) is 21.2 Å². The number of carbonyl (C=O) groups excluding carboxylic acids is 1. The van der Waals surface area contributed by atoms with E-state index in [9.17, 15) is 4.79 Å². The molecule has 0 fully saturated rings. The number of amides is 1. The molecule has 0 aliphatic rings. The molecule has 0 bridgehead atoms. The first-order valence-corrected chi connectivity index (χ1v) is 7.18. The lowest BCUT2D eigenvalue weighted by Gasteiger charge is -2.11. The van der Waals surface area contributed by atoms with Gasteiger partial charge in [-0.2, -0.15) is 0 Å². The highest BCUT2D eigenvalue weighted by Gasteiger charge is 2.10. The molecule has 5 heteroatoms. The van der Waals surface area contributed by atoms with Crippen molar-refractivity contribution in [2.75, 3.05) is 11.1 Å². The standard InChI is InChI=1S/C15H14BrClN2O/c1-8-6-14(9(2)5-13(8)18)19-15(20)10-3-4-11(16)12(17)7-10/h3-7H,18H2,1-2H3,(H,19,20). The Morgan fingerprint density at radius 1 is 1.20 bits per heavy atom. The van der Waals surface area contributed by atoms with Crippen molar-refractivity contribution in [3.05, 3.63) is 56.5 Å². The van der Waals surface area contributed by atoms with Gasteiger partial charge < -0.3 is 11.1 Å². The van der Waals surface area contributed by atoms with Gasteiger partial charge >= 0.3 is 0 Å². The first-order chi connectivity index (χ1) is 9.38. The van der Waals surface area contributed by atoms with Crippen LogP contribution in [0.2, 0.25) is 5.02 Å². The van der Waals surface area contributed by atoms with Crippen LogP contribution in [0.1, 0.15) is 21.5 Å². The van der Waals surface area contributed by atoms with Gasteiger partial charge in [0.15, 0.2) is 0 Å². The molecule has 1 amide bonds. The number of halogens is 2. The smallest absolute Gasteiger partial charge is 0.255 e. The lowest BCUT2D eigenvalue weighted by molar-refractivity contribution is 0.102. The SMILES string of the molecule is Cc1cc(NC(=O)c2ccc(Br)c(Cl)c2)c(C)cc1N. The monoisotopic (exact) mass is 352 g/mol. The minimum atomic E-state index is -0.202. The van der Waals surface area contributed by atoms with E-state index in [0.29, 0.717) is 16.3 Å². The number of benzene rings is 2. The number of nitrogens with one attached hydrogen (secondary N) is 1. The average Bonchev–Trinajstić information content (AvgIpc) is 2.39. The number of carbonyl (C=O) groups is 1. The molecule has 0 aliphatic heterocycles. The van der Waals surface area contributed by atoms with Crippen molar-refractivity contribution in [1.29, 1.82) is 0 Å². The van der Waals surface area contributed by atoms with Gasteiger partial charge in [-0.3, -0.25) is 4.79 Å². The Morgan fingerprint density at radius 3 is 2.55 bits per heavy atom. The molecule has 20 heavy (non-hydrogen) atoms. The van der Waals surface area contributed by atoms with Gasteiger partial charge in [-0.15, -0.1) is 0 Å². The largest absolute Gasteiger partial charge is 0.399 e. The maximum atomic E-state index is 12.2. The number of hydrogen-bond donors (Lipinski definition) is 2. The minimum absolute atomic E-state index is 0.202. The zero-order valence-corrected chi connectivity index (χ0v) is 13.5. The molecule has 0 saturated carbocycles. The predicted octanol–water partition coefficient (Wildman–Crippen LogP) is 4.55. The quantitative estimate of drug-likeness (QED) is 0.778. The molecule has 2 rings (SSSR count). The van der Waals surface area contributed by atoms with E-state index in [-0.39, 0.29) is 5.91 Å². The number of nitrogen functional groups attached to an aromatic ring is 1. The first-order valence-electron chi connectivity index (χ1n) is 6.01. The molecular formula is C15H14BrClN2O. The van der Waals surface area contributed by atoms with E-state index >= 15 is 0 Å². The summed E-state index contributed by atoms with van der Waals surface area (Å²) in [5, 5.41) is 3.38. The maximum Gasteiger partial charge on any atom is 0.255 e. The average molecular weight is 354 g/mol. The molecule has 0 saturated heterocycles. The van der Waals surface area contributed by atoms with Gasteiger partial charge in [-0.25, -0.2) is 0 Å². The van der Waals surface area contributed by atoms with Crippen LogP contribution >= 0.6 is 27.5 Å². The first kappa shape index (κ1) is 14.9. The van der Waals surface area contributed by atoms with Crippen LogP contribution in [-0.4, -0.2) is 5.91 Å². The lowest BCUT2D eigenvalue weighted by Crippen LogP contribution is -2.13. The molecule has 0 radical (unpaired) electrons. The zero-order chi connectivity index (χ0) is 14.9. The fraction of sp³-hybridized carbons (Fsp3) is 0.133. The van der Waals surface area contributed by atoms with Crippen LogP contribution in [0.25, 0.3) is 0 Å². The van der Waals surface area contributed by atoms with Crippen LogP contribution in [0, 0.1) is 13.8 Å². The van der Waals surface area contributed by atoms with Gasteiger partial charge in [0, 0.05) is 21.4 Å². The molecule has 0 heterocycles. The van der Waals surface area contributed by atoms with Gasteiger partial charge in [0.25, 0.3) is 5.91 Å². The highest BCUT2D eigenvalue weighted by Crippen LogP contribution is 2.25. The fourth-order valence-electron chi connectivity index (χ4n) is 1.81. The summed E-state index contributed by atoms with van der Waals surface area (Å²) in [6, 6.07) is 8.80. The van der Waals surface area contributed by atoms with E-state index in [4.69, 9.17) is 17.3 Å². The van der Waals surface area contributed by atoms with Gasteiger partial charge in [-0.1, -0.05) is 11.6 Å². The number of nitrogens with two attached hydrogens (primary N) is 1. The molecule has 0 atom stereocenters. The van der Waals surface area contributed by atoms with Gasteiger partial charge in [-0.05, 0) is 71.2 Å². The van der Waals surface area contributed by atoms with E-state index in [1.165, 1.54) is 0 Å². The molecule has 0 spiro atoms. The van der Waals surface area contributed by atoms with Crippen molar-refractivity contribution < 1.29 is 4.79 Å². The Kier molecular flexibility index (Phi) is 4.35. The summed E-state index contributed by atoms with van der Waals surface area (Å²) in [5.41, 5.74) is 9.66. The maximum absolute atomic E-state index is 12.2. The van der Waals surface area contributed by atoms with Crippen LogP contribution in [0.15, 0.2) is 34.8 Å². The number of hydrogen-bond acceptors (Lipinski definition) is 2. The molecular weight excluding hydrogens is 340 g/mol. The van der Waals surface area contributed by atoms with Crippen molar-refractivity contribution in [1.82, 2.24) is 0 Å². The van der Waals surface area contributed by atoms with Crippen LogP contribution in [0.5, 0.6) is 0 Å². The van der Waals surface area contributed by atoms with Gasteiger partial charge in [0.05, 0.1) is 5.02 Å². The topological polar surface area (TPSA) is 55.1 Å². The third-order valence-electron chi connectivity index (χ3n) is 3.04. The molecule has 2 aromatic rings. The zero-order valence-electron chi connectivity index (χ0n) is 11.1. The van der Waals surface area contributed by atoms with E-state index in [1.54, 1.807) is 18.2 Å². The molecule has 3 nitrogen and oxygen atoms in total. The Labute approximate surface area is 131 Å². The van der Waals surface area contributed by atoms with Crippen molar-refractivity contribution in [3.63, 3.8) is 0 Å². The molecule has 0 aromatic heterocycles. The second-order valence-corrected chi connectivity index (χ2v) is 5.87. The third kappa shape index (κ3) is 3.14. The summed E-state index contributed by atoms with van der Waals surface area (Å²) >= 11 is 9.29. The second-order valence-electron chi connectivity index (χ2n) is 4.61. The summed E-state index contributed by atoms with van der Waals surface area (Å²) in [5.74, 6) is -0.202. The fourth-order valence-corrected chi connectivity index (χ4v) is 2.23. The van der Waals surface area contributed by atoms with E-state index in [1.807, 2.05) is 26.0 Å². The van der Waals surface area contributed by atoms with E-state index < -0.39 is 0 Å². The Morgan fingerprint density at radius 2 is 1.90 bits per heavy atom. The highest BCUT2D eigenvalue weighted by molar-refractivity contribution is 9.10. The van der Waals surface area contributed by atoms with Crippen molar-refractivity contribution >= 4 is 44.8 Å². The summed E-state index contributed by atoms with van der Waals surface area (Å²) < 4.78 is 0.759. The second kappa shape index (κ2) is 5.85. The molecule has 0 unspecified atom stereocenters. The molecule has 0 aliphatic carbocycles. The van der Waals surface area contributed by atoms with Crippen LogP contribution < -0.4 is 11.1 Å². The Hall–Kier alpha value is -1.52. The third-order valence-corrected chi connectivity index (χ3v) is 4.28. The highest BCUT2D eigenvalue weighted by atomic mass is 79.9. The Bertz CT molecular complexity index is 686. The van der Waals surface area contributed by atoms with Gasteiger partial charge in [0.2, 0.25) is 0 Å². The van der Waals surface area contributed by atoms with Crippen molar-refractivity contribution in [2.24, 2.45) is 0 Å².